The number of nitriles is 1. The molecule has 0 unspecified atom stereocenters. The van der Waals surface area contributed by atoms with Gasteiger partial charge in [0.05, 0.1) is 11.3 Å². The molecule has 128 valence electrons. The molecule has 6 nitrogen and oxygen atoms in total. The maximum Gasteiger partial charge on any atom is 0.272 e. The first-order chi connectivity index (χ1) is 12.2. The maximum absolute atomic E-state index is 12.8. The molecule has 0 radical (unpaired) electrons. The summed E-state index contributed by atoms with van der Waals surface area (Å²) in [5, 5.41) is 12.3. The summed E-state index contributed by atoms with van der Waals surface area (Å²) in [6.45, 7) is 3.32. The second-order valence-electron chi connectivity index (χ2n) is 6.17. The van der Waals surface area contributed by atoms with E-state index in [0.29, 0.717) is 28.6 Å². The lowest BCUT2D eigenvalue weighted by Crippen LogP contribution is -2.32. The van der Waals surface area contributed by atoms with Crippen LogP contribution in [0.5, 0.6) is 0 Å². The van der Waals surface area contributed by atoms with Gasteiger partial charge in [0.15, 0.2) is 0 Å². The Kier molecular flexibility index (Phi) is 5.24. The Morgan fingerprint density at radius 1 is 1.16 bits per heavy atom. The fourth-order valence-electron chi connectivity index (χ4n) is 3.00. The third-order valence-corrected chi connectivity index (χ3v) is 4.26. The van der Waals surface area contributed by atoms with Crippen molar-refractivity contribution in [2.24, 2.45) is 0 Å². The van der Waals surface area contributed by atoms with Crippen molar-refractivity contribution in [3.8, 4) is 6.07 Å². The number of aromatic nitrogens is 2. The summed E-state index contributed by atoms with van der Waals surface area (Å²) in [5.74, 6) is 0.995. The molecule has 0 spiro atoms. The molecule has 1 aromatic carbocycles. The lowest BCUT2D eigenvalue weighted by atomic mass is 10.2. The number of hydrogen-bond acceptors (Lipinski definition) is 5. The zero-order valence-corrected chi connectivity index (χ0v) is 14.3. The van der Waals surface area contributed by atoms with Crippen LogP contribution in [0.4, 0.5) is 11.5 Å². The number of hydrogen-bond donors (Lipinski definition) is 1. The first-order valence-electron chi connectivity index (χ1n) is 8.58. The molecule has 1 aromatic heterocycles. The maximum atomic E-state index is 12.8. The normalized spacial score (nSPS) is 14.5. The second kappa shape index (κ2) is 7.75. The Labute approximate surface area is 147 Å². The van der Waals surface area contributed by atoms with Crippen molar-refractivity contribution in [2.75, 3.05) is 18.4 Å². The van der Waals surface area contributed by atoms with Crippen LogP contribution in [0.1, 0.15) is 47.6 Å². The Hall–Kier alpha value is -2.94. The second-order valence-corrected chi connectivity index (χ2v) is 6.17. The van der Waals surface area contributed by atoms with Crippen molar-refractivity contribution in [3.05, 3.63) is 47.4 Å². The van der Waals surface area contributed by atoms with Crippen molar-refractivity contribution in [3.63, 3.8) is 0 Å². The van der Waals surface area contributed by atoms with Crippen molar-refractivity contribution < 1.29 is 4.79 Å². The number of rotatable bonds is 3. The van der Waals surface area contributed by atoms with Gasteiger partial charge in [-0.2, -0.15) is 5.26 Å². The molecule has 1 aliphatic rings. The van der Waals surface area contributed by atoms with E-state index in [4.69, 9.17) is 0 Å². The number of para-hydroxylation sites is 1. The Morgan fingerprint density at radius 2 is 1.88 bits per heavy atom. The monoisotopic (exact) mass is 335 g/mol. The van der Waals surface area contributed by atoms with Crippen molar-refractivity contribution >= 4 is 17.4 Å². The largest absolute Gasteiger partial charge is 0.339 e. The minimum atomic E-state index is -0.0518. The predicted octanol–water partition coefficient (Wildman–Crippen LogP) is 3.42. The molecule has 1 amide bonds. The van der Waals surface area contributed by atoms with Crippen molar-refractivity contribution in [2.45, 2.75) is 32.6 Å². The number of amides is 1. The van der Waals surface area contributed by atoms with Crippen LogP contribution < -0.4 is 5.32 Å². The molecular formula is C19H21N5O. The lowest BCUT2D eigenvalue weighted by Gasteiger charge is -2.20. The van der Waals surface area contributed by atoms with Gasteiger partial charge in [-0.05, 0) is 31.9 Å². The van der Waals surface area contributed by atoms with Gasteiger partial charge >= 0.3 is 0 Å². The van der Waals surface area contributed by atoms with Crippen LogP contribution in [0.2, 0.25) is 0 Å². The molecular weight excluding hydrogens is 314 g/mol. The van der Waals surface area contributed by atoms with Gasteiger partial charge in [-0.1, -0.05) is 25.0 Å². The van der Waals surface area contributed by atoms with Crippen LogP contribution >= 0.6 is 0 Å². The average molecular weight is 335 g/mol. The van der Waals surface area contributed by atoms with Gasteiger partial charge in [-0.3, -0.25) is 4.79 Å². The highest BCUT2D eigenvalue weighted by molar-refractivity contribution is 5.93. The summed E-state index contributed by atoms with van der Waals surface area (Å²) in [5.41, 5.74) is 1.58. The lowest BCUT2D eigenvalue weighted by molar-refractivity contribution is 0.0755. The number of likely N-dealkylation sites (tertiary alicyclic amines) is 1. The SMILES string of the molecule is Cc1nc(Nc2ccccc2C#N)cc(C(=O)N2CCCCCC2)n1. The number of carbonyl (C=O) groups is 1. The Bertz CT molecular complexity index is 804. The van der Waals surface area contributed by atoms with Crippen LogP contribution in [0.15, 0.2) is 30.3 Å². The van der Waals surface area contributed by atoms with Gasteiger partial charge in [0.25, 0.3) is 5.91 Å². The highest BCUT2D eigenvalue weighted by Crippen LogP contribution is 2.20. The number of nitrogens with zero attached hydrogens (tertiary/aromatic N) is 4. The number of carbonyl (C=O) groups excluding carboxylic acids is 1. The van der Waals surface area contributed by atoms with Crippen LogP contribution in [0.3, 0.4) is 0 Å². The summed E-state index contributed by atoms with van der Waals surface area (Å²) in [4.78, 5) is 23.3. The van der Waals surface area contributed by atoms with E-state index in [0.717, 1.165) is 25.9 Å². The summed E-state index contributed by atoms with van der Waals surface area (Å²) >= 11 is 0. The van der Waals surface area contributed by atoms with E-state index >= 15 is 0 Å². The van der Waals surface area contributed by atoms with E-state index in [1.807, 2.05) is 23.1 Å². The van der Waals surface area contributed by atoms with Gasteiger partial charge in [0, 0.05) is 19.2 Å². The third-order valence-electron chi connectivity index (χ3n) is 4.26. The highest BCUT2D eigenvalue weighted by Gasteiger charge is 2.19. The van der Waals surface area contributed by atoms with Crippen molar-refractivity contribution in [1.29, 1.82) is 5.26 Å². The van der Waals surface area contributed by atoms with Crippen LogP contribution in [-0.2, 0) is 0 Å². The quantitative estimate of drug-likeness (QED) is 0.929. The minimum Gasteiger partial charge on any atom is -0.339 e. The smallest absolute Gasteiger partial charge is 0.272 e. The summed E-state index contributed by atoms with van der Waals surface area (Å²) in [6.07, 6.45) is 4.42. The zero-order chi connectivity index (χ0) is 17.6. The molecule has 6 heteroatoms. The number of aryl methyl sites for hydroxylation is 1. The van der Waals surface area contributed by atoms with E-state index in [1.54, 1.807) is 19.1 Å². The van der Waals surface area contributed by atoms with Gasteiger partial charge in [0.1, 0.15) is 23.4 Å². The average Bonchev–Trinajstić information content (AvgIpc) is 2.90. The predicted molar refractivity (Wildman–Crippen MR) is 95.6 cm³/mol. The van der Waals surface area contributed by atoms with E-state index in [2.05, 4.69) is 21.4 Å². The molecule has 1 saturated heterocycles. The minimum absolute atomic E-state index is 0.0518. The topological polar surface area (TPSA) is 81.9 Å². The fourth-order valence-corrected chi connectivity index (χ4v) is 3.00. The standard InChI is InChI=1S/C19H21N5O/c1-14-21-17(19(25)24-10-6-2-3-7-11-24)12-18(22-14)23-16-9-5-4-8-15(16)13-20/h4-5,8-9,12H,2-3,6-7,10-11H2,1H3,(H,21,22,23). The molecule has 25 heavy (non-hydrogen) atoms. The number of nitrogens with one attached hydrogen (secondary N) is 1. The van der Waals surface area contributed by atoms with E-state index < -0.39 is 0 Å². The molecule has 1 N–H and O–H groups in total. The molecule has 2 aromatic rings. The molecule has 1 fully saturated rings. The van der Waals surface area contributed by atoms with Crippen LogP contribution in [0.25, 0.3) is 0 Å². The Balaban J connectivity index is 1.85. The van der Waals surface area contributed by atoms with Gasteiger partial charge in [-0.25, -0.2) is 9.97 Å². The third kappa shape index (κ3) is 4.13. The van der Waals surface area contributed by atoms with E-state index in [1.165, 1.54) is 12.8 Å². The van der Waals surface area contributed by atoms with E-state index in [9.17, 15) is 10.1 Å². The highest BCUT2D eigenvalue weighted by atomic mass is 16.2. The molecule has 0 bridgehead atoms. The summed E-state index contributed by atoms with van der Waals surface area (Å²) < 4.78 is 0. The first-order valence-corrected chi connectivity index (χ1v) is 8.58. The van der Waals surface area contributed by atoms with Crippen LogP contribution in [0, 0.1) is 18.3 Å². The summed E-state index contributed by atoms with van der Waals surface area (Å²) in [6, 6.07) is 11.0. The molecule has 1 aliphatic heterocycles. The summed E-state index contributed by atoms with van der Waals surface area (Å²) in [7, 11) is 0. The van der Waals surface area contributed by atoms with Gasteiger partial charge < -0.3 is 10.2 Å². The zero-order valence-electron chi connectivity index (χ0n) is 14.3. The molecule has 3 rings (SSSR count). The number of benzene rings is 1. The fraction of sp³-hybridized carbons (Fsp3) is 0.368. The molecule has 0 atom stereocenters. The van der Waals surface area contributed by atoms with Crippen LogP contribution in [-0.4, -0.2) is 33.9 Å². The van der Waals surface area contributed by atoms with Gasteiger partial charge in [-0.15, -0.1) is 0 Å². The number of anilines is 2. The first kappa shape index (κ1) is 16.9. The Morgan fingerprint density at radius 3 is 2.60 bits per heavy atom. The molecule has 0 saturated carbocycles. The van der Waals surface area contributed by atoms with E-state index in [-0.39, 0.29) is 5.91 Å². The van der Waals surface area contributed by atoms with Crippen molar-refractivity contribution in [1.82, 2.24) is 14.9 Å². The molecule has 2 heterocycles. The molecule has 0 aliphatic carbocycles. The van der Waals surface area contributed by atoms with Gasteiger partial charge in [0.2, 0.25) is 0 Å².